The van der Waals surface area contributed by atoms with Crippen LogP contribution in [0.1, 0.15) is 39.0 Å². The molecule has 2 fully saturated rings. The van der Waals surface area contributed by atoms with Gasteiger partial charge in [-0.3, -0.25) is 9.79 Å². The van der Waals surface area contributed by atoms with E-state index in [1.807, 2.05) is 18.1 Å². The van der Waals surface area contributed by atoms with Crippen LogP contribution in [-0.2, 0) is 9.59 Å². The lowest BCUT2D eigenvalue weighted by Gasteiger charge is -2.57. The van der Waals surface area contributed by atoms with E-state index in [0.717, 1.165) is 31.4 Å². The van der Waals surface area contributed by atoms with Crippen LogP contribution in [-0.4, -0.2) is 65.6 Å². The van der Waals surface area contributed by atoms with E-state index >= 15 is 0 Å². The zero-order valence-electron chi connectivity index (χ0n) is 17.7. The summed E-state index contributed by atoms with van der Waals surface area (Å²) in [5.41, 5.74) is 4.29. The molecule has 4 aliphatic rings. The molecule has 2 spiro atoms. The Hall–Kier alpha value is -2.19. The summed E-state index contributed by atoms with van der Waals surface area (Å²) in [7, 11) is 1.87. The third-order valence-electron chi connectivity index (χ3n) is 8.29. The standard InChI is InChI=1S/C22H32N4O4/c1-14-4-5-15-10-16-17(18(28)29)21(30,13-27)11-22(14,16)20(15)6-3-9-26(12-20)19(23)25-8-7-24-2/h3,9,13-15,24,30H,4-8,10-12H2,1-2H3,(H2,23,25)(H,28,29)/t14-,15-,20-,21+,22+/m1/s1. The zero-order chi connectivity index (χ0) is 21.7. The Bertz CT molecular complexity index is 852. The minimum atomic E-state index is -1.93. The third kappa shape index (κ3) is 2.62. The molecule has 4 rings (SSSR count). The van der Waals surface area contributed by atoms with Crippen molar-refractivity contribution in [1.29, 1.82) is 0 Å². The summed E-state index contributed by atoms with van der Waals surface area (Å²) in [4.78, 5) is 30.5. The highest BCUT2D eigenvalue weighted by molar-refractivity contribution is 5.98. The number of carboxylic acid groups (broad SMARTS) is 1. The van der Waals surface area contributed by atoms with E-state index in [2.05, 4.69) is 23.3 Å². The van der Waals surface area contributed by atoms with Gasteiger partial charge in [-0.2, -0.15) is 0 Å². The molecular weight excluding hydrogens is 384 g/mol. The van der Waals surface area contributed by atoms with Crippen molar-refractivity contribution in [1.82, 2.24) is 10.2 Å². The van der Waals surface area contributed by atoms with E-state index in [1.54, 1.807) is 0 Å². The van der Waals surface area contributed by atoms with Gasteiger partial charge in [0.15, 0.2) is 17.8 Å². The topological polar surface area (TPSA) is 128 Å². The molecule has 0 aromatic carbocycles. The molecule has 3 aliphatic carbocycles. The van der Waals surface area contributed by atoms with Crippen molar-refractivity contribution in [3.8, 4) is 0 Å². The van der Waals surface area contributed by atoms with E-state index in [-0.39, 0.29) is 23.3 Å². The van der Waals surface area contributed by atoms with Gasteiger partial charge in [0.05, 0.1) is 12.1 Å². The van der Waals surface area contributed by atoms with E-state index in [1.165, 1.54) is 0 Å². The van der Waals surface area contributed by atoms with E-state index in [9.17, 15) is 19.8 Å². The van der Waals surface area contributed by atoms with Gasteiger partial charge < -0.3 is 26.2 Å². The Morgan fingerprint density at radius 2 is 2.23 bits per heavy atom. The number of aldehydes is 1. The molecule has 1 heterocycles. The summed E-state index contributed by atoms with van der Waals surface area (Å²) in [6.07, 6.45) is 8.03. The van der Waals surface area contributed by atoms with Crippen LogP contribution in [0.2, 0.25) is 0 Å². The average Bonchev–Trinajstić information content (AvgIpc) is 3.06. The monoisotopic (exact) mass is 416 g/mol. The van der Waals surface area contributed by atoms with Crippen molar-refractivity contribution in [2.75, 3.05) is 26.7 Å². The predicted octanol–water partition coefficient (Wildman–Crippen LogP) is 0.877. The van der Waals surface area contributed by atoms with Crippen LogP contribution in [0.3, 0.4) is 0 Å². The summed E-state index contributed by atoms with van der Waals surface area (Å²) in [6, 6.07) is 0. The summed E-state index contributed by atoms with van der Waals surface area (Å²) in [5, 5.41) is 24.1. The van der Waals surface area contributed by atoms with Gasteiger partial charge in [0.2, 0.25) is 0 Å². The number of nitrogens with one attached hydrogen (secondary N) is 1. The molecule has 1 aliphatic heterocycles. The van der Waals surface area contributed by atoms with Crippen molar-refractivity contribution in [3.05, 3.63) is 23.4 Å². The number of guanidine groups is 1. The fourth-order valence-corrected chi connectivity index (χ4v) is 7.09. The quantitative estimate of drug-likeness (QED) is 0.227. The second-order valence-corrected chi connectivity index (χ2v) is 9.44. The van der Waals surface area contributed by atoms with E-state index in [0.29, 0.717) is 37.7 Å². The zero-order valence-corrected chi connectivity index (χ0v) is 17.7. The molecule has 5 atom stereocenters. The second kappa shape index (κ2) is 7.20. The van der Waals surface area contributed by atoms with Crippen LogP contribution in [0.5, 0.6) is 0 Å². The molecular formula is C22H32N4O4. The summed E-state index contributed by atoms with van der Waals surface area (Å²) >= 11 is 0. The third-order valence-corrected chi connectivity index (χ3v) is 8.29. The summed E-state index contributed by atoms with van der Waals surface area (Å²) < 4.78 is 0. The first-order chi connectivity index (χ1) is 14.3. The lowest BCUT2D eigenvalue weighted by Crippen LogP contribution is -2.57. The fourth-order valence-electron chi connectivity index (χ4n) is 7.09. The number of carbonyl (C=O) groups is 2. The number of nitrogens with zero attached hydrogens (tertiary/aromatic N) is 2. The number of allylic oxidation sites excluding steroid dienone is 2. The highest BCUT2D eigenvalue weighted by Gasteiger charge is 2.73. The molecule has 0 unspecified atom stereocenters. The average molecular weight is 417 g/mol. The number of hydrogen-bond acceptors (Lipinski definition) is 5. The number of hydrogen-bond donors (Lipinski definition) is 4. The molecule has 0 amide bonds. The minimum absolute atomic E-state index is 0.0788. The first-order valence-electron chi connectivity index (χ1n) is 10.8. The van der Waals surface area contributed by atoms with Crippen molar-refractivity contribution in [3.63, 3.8) is 0 Å². The maximum Gasteiger partial charge on any atom is 0.334 e. The van der Waals surface area contributed by atoms with Crippen LogP contribution < -0.4 is 11.1 Å². The Morgan fingerprint density at radius 3 is 2.90 bits per heavy atom. The van der Waals surface area contributed by atoms with Crippen LogP contribution >= 0.6 is 0 Å². The van der Waals surface area contributed by atoms with Gasteiger partial charge in [0.25, 0.3) is 0 Å². The second-order valence-electron chi connectivity index (χ2n) is 9.44. The normalized spacial score (nSPS) is 40.2. The van der Waals surface area contributed by atoms with Gasteiger partial charge in [0, 0.05) is 30.1 Å². The van der Waals surface area contributed by atoms with Crippen LogP contribution in [0.25, 0.3) is 0 Å². The smallest absolute Gasteiger partial charge is 0.334 e. The largest absolute Gasteiger partial charge is 0.478 e. The SMILES string of the molecule is CNCCN=C(N)N1C=CC[C@@]2(C1)[C@@H]1CC[C@@H](C)[C@]23C[C@](O)(C=O)C(C(=O)O)=C3C1. The summed E-state index contributed by atoms with van der Waals surface area (Å²) in [6.45, 7) is 4.07. The molecule has 8 nitrogen and oxygen atoms in total. The molecule has 0 aromatic heterocycles. The van der Waals surface area contributed by atoms with Gasteiger partial charge >= 0.3 is 5.97 Å². The lowest BCUT2D eigenvalue weighted by atomic mass is 9.49. The van der Waals surface area contributed by atoms with Crippen molar-refractivity contribution >= 4 is 18.2 Å². The van der Waals surface area contributed by atoms with Gasteiger partial charge in [0.1, 0.15) is 0 Å². The van der Waals surface area contributed by atoms with Crippen LogP contribution in [0, 0.1) is 22.7 Å². The Morgan fingerprint density at radius 1 is 1.47 bits per heavy atom. The Balaban J connectivity index is 1.80. The number of carbonyl (C=O) groups excluding carboxylic acids is 1. The van der Waals surface area contributed by atoms with Gasteiger partial charge in [-0.25, -0.2) is 4.79 Å². The number of aliphatic hydroxyl groups is 1. The highest BCUT2D eigenvalue weighted by atomic mass is 16.4. The number of rotatable bonds is 5. The van der Waals surface area contributed by atoms with E-state index < -0.39 is 17.0 Å². The maximum atomic E-state index is 12.2. The van der Waals surface area contributed by atoms with E-state index in [4.69, 9.17) is 5.73 Å². The van der Waals surface area contributed by atoms with Gasteiger partial charge in [-0.15, -0.1) is 0 Å². The van der Waals surface area contributed by atoms with Crippen LogP contribution in [0.4, 0.5) is 0 Å². The first-order valence-corrected chi connectivity index (χ1v) is 10.8. The Labute approximate surface area is 176 Å². The number of carboxylic acids is 1. The molecule has 2 saturated carbocycles. The van der Waals surface area contributed by atoms with Gasteiger partial charge in [-0.1, -0.05) is 13.0 Å². The highest BCUT2D eigenvalue weighted by Crippen LogP contribution is 2.75. The molecule has 5 N–H and O–H groups in total. The number of aliphatic imine (C=N–C) groups is 1. The van der Waals surface area contributed by atoms with Gasteiger partial charge in [-0.05, 0) is 56.6 Å². The maximum absolute atomic E-state index is 12.2. The predicted molar refractivity (Wildman–Crippen MR) is 113 cm³/mol. The first kappa shape index (κ1) is 21.1. The molecule has 30 heavy (non-hydrogen) atoms. The molecule has 8 heteroatoms. The van der Waals surface area contributed by atoms with Crippen molar-refractivity contribution in [2.24, 2.45) is 33.4 Å². The Kier molecular flexibility index (Phi) is 5.05. The summed E-state index contributed by atoms with van der Waals surface area (Å²) in [5.74, 6) is -0.262. The van der Waals surface area contributed by atoms with Crippen molar-refractivity contribution < 1.29 is 19.8 Å². The minimum Gasteiger partial charge on any atom is -0.478 e. The molecule has 0 aromatic rings. The molecule has 2 bridgehead atoms. The molecule has 0 saturated heterocycles. The number of nitrogens with two attached hydrogens (primary N) is 1. The fraction of sp³-hybridized carbons (Fsp3) is 0.682. The lowest BCUT2D eigenvalue weighted by molar-refractivity contribution is -0.140. The van der Waals surface area contributed by atoms with Crippen LogP contribution in [0.15, 0.2) is 28.4 Å². The molecule has 164 valence electrons. The molecule has 0 radical (unpaired) electrons. The number of aliphatic carboxylic acids is 1. The number of likely N-dealkylation sites (N-methyl/N-ethyl adjacent to an activating group) is 1. The van der Waals surface area contributed by atoms with Crippen molar-refractivity contribution in [2.45, 2.75) is 44.6 Å².